The first-order valence-electron chi connectivity index (χ1n) is 5.01. The molecule has 1 atom stereocenters. The van der Waals surface area contributed by atoms with Crippen LogP contribution in [0.15, 0.2) is 12.4 Å². The second-order valence-corrected chi connectivity index (χ2v) is 3.53. The molecule has 1 aromatic heterocycles. The lowest BCUT2D eigenvalue weighted by Gasteiger charge is -2.23. The van der Waals surface area contributed by atoms with E-state index in [4.69, 9.17) is 4.74 Å². The Balaban J connectivity index is 0.00000112. The lowest BCUT2D eigenvalue weighted by Crippen LogP contribution is -2.37. The minimum absolute atomic E-state index is 0. The largest absolute Gasteiger partial charge is 0.472 e. The third-order valence-electron chi connectivity index (χ3n) is 2.37. The molecule has 0 spiro atoms. The van der Waals surface area contributed by atoms with Gasteiger partial charge in [0.2, 0.25) is 5.88 Å². The summed E-state index contributed by atoms with van der Waals surface area (Å²) in [5, 5.41) is 3.30. The quantitative estimate of drug-likeness (QED) is 0.832. The number of hydrogen-bond acceptors (Lipinski definition) is 4. The van der Waals surface area contributed by atoms with E-state index < -0.39 is 0 Å². The Labute approximate surface area is 95.9 Å². The van der Waals surface area contributed by atoms with Gasteiger partial charge < -0.3 is 10.1 Å². The standard InChI is InChI=1S/C10H15N3O.ClH/c1-8-10(13-6-5-12-8)14-9-3-2-4-11-7-9;/h5-6,9,11H,2-4,7H2,1H3;1H. The van der Waals surface area contributed by atoms with Gasteiger partial charge in [0, 0.05) is 18.9 Å². The Bertz CT molecular complexity index is 302. The van der Waals surface area contributed by atoms with Gasteiger partial charge in [0.1, 0.15) is 6.10 Å². The molecule has 0 aliphatic carbocycles. The molecule has 84 valence electrons. The zero-order valence-electron chi connectivity index (χ0n) is 8.77. The summed E-state index contributed by atoms with van der Waals surface area (Å²) in [5.41, 5.74) is 0.859. The number of aryl methyl sites for hydroxylation is 1. The minimum Gasteiger partial charge on any atom is -0.472 e. The molecule has 1 N–H and O–H groups in total. The van der Waals surface area contributed by atoms with Gasteiger partial charge in [0.25, 0.3) is 0 Å². The first-order valence-corrected chi connectivity index (χ1v) is 5.01. The molecule has 0 saturated carbocycles. The van der Waals surface area contributed by atoms with Crippen molar-refractivity contribution in [1.82, 2.24) is 15.3 Å². The SMILES string of the molecule is Cc1nccnc1OC1CCCNC1.Cl. The molecule has 15 heavy (non-hydrogen) atoms. The third kappa shape index (κ3) is 3.32. The van der Waals surface area contributed by atoms with Gasteiger partial charge >= 0.3 is 0 Å². The van der Waals surface area contributed by atoms with Crippen molar-refractivity contribution in [2.75, 3.05) is 13.1 Å². The fraction of sp³-hybridized carbons (Fsp3) is 0.600. The van der Waals surface area contributed by atoms with Crippen molar-refractivity contribution in [2.45, 2.75) is 25.9 Å². The Hall–Kier alpha value is -0.870. The number of ether oxygens (including phenoxy) is 1. The van der Waals surface area contributed by atoms with Crippen molar-refractivity contribution in [1.29, 1.82) is 0 Å². The maximum atomic E-state index is 5.75. The molecule has 0 amide bonds. The molecule has 1 saturated heterocycles. The molecule has 1 aromatic rings. The molecule has 2 heterocycles. The maximum Gasteiger partial charge on any atom is 0.235 e. The Kier molecular flexibility index (Phi) is 4.78. The molecule has 0 bridgehead atoms. The van der Waals surface area contributed by atoms with E-state index in [-0.39, 0.29) is 18.5 Å². The third-order valence-corrected chi connectivity index (χ3v) is 2.37. The van der Waals surface area contributed by atoms with Crippen molar-refractivity contribution in [2.24, 2.45) is 0 Å². The topological polar surface area (TPSA) is 47.0 Å². The zero-order valence-corrected chi connectivity index (χ0v) is 9.59. The van der Waals surface area contributed by atoms with Crippen LogP contribution in [0.1, 0.15) is 18.5 Å². The first kappa shape index (κ1) is 12.2. The number of hydrogen-bond donors (Lipinski definition) is 1. The highest BCUT2D eigenvalue weighted by Gasteiger charge is 2.15. The van der Waals surface area contributed by atoms with Crippen LogP contribution in [0, 0.1) is 6.92 Å². The number of halogens is 1. The summed E-state index contributed by atoms with van der Waals surface area (Å²) in [6.45, 7) is 3.92. The number of aromatic nitrogens is 2. The fourth-order valence-corrected chi connectivity index (χ4v) is 1.59. The lowest BCUT2D eigenvalue weighted by molar-refractivity contribution is 0.158. The van der Waals surface area contributed by atoms with Gasteiger partial charge in [-0.15, -0.1) is 12.4 Å². The van der Waals surface area contributed by atoms with Crippen LogP contribution < -0.4 is 10.1 Å². The van der Waals surface area contributed by atoms with Gasteiger partial charge in [-0.2, -0.15) is 0 Å². The van der Waals surface area contributed by atoms with E-state index >= 15 is 0 Å². The van der Waals surface area contributed by atoms with Crippen LogP contribution in [-0.2, 0) is 0 Å². The average Bonchev–Trinajstić information content (AvgIpc) is 2.23. The first-order chi connectivity index (χ1) is 6.86. The second-order valence-electron chi connectivity index (χ2n) is 3.53. The van der Waals surface area contributed by atoms with Crippen LogP contribution in [0.25, 0.3) is 0 Å². The van der Waals surface area contributed by atoms with Crippen LogP contribution in [0.4, 0.5) is 0 Å². The highest BCUT2D eigenvalue weighted by atomic mass is 35.5. The Morgan fingerprint density at radius 2 is 2.20 bits per heavy atom. The molecule has 1 aliphatic rings. The molecule has 1 unspecified atom stereocenters. The molecule has 2 rings (SSSR count). The highest BCUT2D eigenvalue weighted by molar-refractivity contribution is 5.85. The summed E-state index contributed by atoms with van der Waals surface area (Å²) in [6.07, 6.45) is 5.87. The fourth-order valence-electron chi connectivity index (χ4n) is 1.59. The van der Waals surface area contributed by atoms with Gasteiger partial charge in [0.15, 0.2) is 0 Å². The van der Waals surface area contributed by atoms with Gasteiger partial charge in [-0.05, 0) is 26.3 Å². The predicted octanol–water partition coefficient (Wildman–Crippen LogP) is 1.34. The molecule has 0 radical (unpaired) electrons. The molecule has 5 heteroatoms. The Morgan fingerprint density at radius 1 is 1.40 bits per heavy atom. The summed E-state index contributed by atoms with van der Waals surface area (Å²) >= 11 is 0. The van der Waals surface area contributed by atoms with Gasteiger partial charge in [-0.3, -0.25) is 4.98 Å². The molecule has 0 aromatic carbocycles. The summed E-state index contributed by atoms with van der Waals surface area (Å²) in [5.74, 6) is 0.668. The van der Waals surface area contributed by atoms with Crippen molar-refractivity contribution in [3.63, 3.8) is 0 Å². The van der Waals surface area contributed by atoms with E-state index in [0.29, 0.717) is 5.88 Å². The number of nitrogens with zero attached hydrogens (tertiary/aromatic N) is 2. The molecule has 1 fully saturated rings. The molecule has 4 nitrogen and oxygen atoms in total. The van der Waals surface area contributed by atoms with Gasteiger partial charge in [-0.25, -0.2) is 4.98 Å². The molecule has 1 aliphatic heterocycles. The lowest BCUT2D eigenvalue weighted by atomic mass is 10.1. The highest BCUT2D eigenvalue weighted by Crippen LogP contribution is 2.14. The van der Waals surface area contributed by atoms with Crippen molar-refractivity contribution in [3.05, 3.63) is 18.1 Å². The monoisotopic (exact) mass is 229 g/mol. The molecular formula is C10H16ClN3O. The van der Waals surface area contributed by atoms with Gasteiger partial charge in [-0.1, -0.05) is 0 Å². The molecular weight excluding hydrogens is 214 g/mol. The van der Waals surface area contributed by atoms with E-state index in [1.807, 2.05) is 6.92 Å². The van der Waals surface area contributed by atoms with Crippen LogP contribution >= 0.6 is 12.4 Å². The van der Waals surface area contributed by atoms with E-state index in [1.165, 1.54) is 6.42 Å². The number of piperidine rings is 1. The van der Waals surface area contributed by atoms with Crippen molar-refractivity contribution in [3.8, 4) is 5.88 Å². The minimum atomic E-state index is 0. The summed E-state index contributed by atoms with van der Waals surface area (Å²) in [4.78, 5) is 8.30. The second kappa shape index (κ2) is 5.88. The number of rotatable bonds is 2. The average molecular weight is 230 g/mol. The van der Waals surface area contributed by atoms with E-state index in [2.05, 4.69) is 15.3 Å². The Morgan fingerprint density at radius 3 is 2.87 bits per heavy atom. The predicted molar refractivity (Wildman–Crippen MR) is 60.5 cm³/mol. The summed E-state index contributed by atoms with van der Waals surface area (Å²) < 4.78 is 5.75. The van der Waals surface area contributed by atoms with Crippen molar-refractivity contribution >= 4 is 12.4 Å². The van der Waals surface area contributed by atoms with E-state index in [9.17, 15) is 0 Å². The smallest absolute Gasteiger partial charge is 0.235 e. The van der Waals surface area contributed by atoms with Crippen molar-refractivity contribution < 1.29 is 4.74 Å². The van der Waals surface area contributed by atoms with E-state index in [1.54, 1.807) is 12.4 Å². The normalized spacial score (nSPS) is 20.5. The number of nitrogens with one attached hydrogen (secondary N) is 1. The maximum absolute atomic E-state index is 5.75. The summed E-state index contributed by atoms with van der Waals surface area (Å²) in [7, 11) is 0. The zero-order chi connectivity index (χ0) is 9.80. The van der Waals surface area contributed by atoms with Gasteiger partial charge in [0.05, 0.1) is 5.69 Å². The van der Waals surface area contributed by atoms with Crippen LogP contribution in [0.2, 0.25) is 0 Å². The van der Waals surface area contributed by atoms with Crippen LogP contribution in [0.5, 0.6) is 5.88 Å². The summed E-state index contributed by atoms with van der Waals surface area (Å²) in [6, 6.07) is 0. The van der Waals surface area contributed by atoms with E-state index in [0.717, 1.165) is 25.2 Å². The van der Waals surface area contributed by atoms with Crippen LogP contribution in [0.3, 0.4) is 0 Å². The van der Waals surface area contributed by atoms with Crippen LogP contribution in [-0.4, -0.2) is 29.2 Å².